The number of anilines is 1. The Bertz CT molecular complexity index is 873. The van der Waals surface area contributed by atoms with Gasteiger partial charge in [0.05, 0.1) is 10.6 Å². The van der Waals surface area contributed by atoms with Crippen molar-refractivity contribution < 1.29 is 9.59 Å². The molecule has 3 rings (SSSR count). The number of benzene rings is 1. The second-order valence-corrected chi connectivity index (χ2v) is 7.16. The molecule has 3 aromatic rings. The number of rotatable bonds is 6. The van der Waals surface area contributed by atoms with Crippen molar-refractivity contribution in [2.75, 3.05) is 5.32 Å². The smallest absolute Gasteiger partial charge is 0.262 e. The van der Waals surface area contributed by atoms with Crippen LogP contribution in [0.2, 0.25) is 0 Å². The first-order chi connectivity index (χ1) is 12.5. The van der Waals surface area contributed by atoms with Gasteiger partial charge in [-0.2, -0.15) is 5.10 Å². The molecule has 0 aliphatic rings. The monoisotopic (exact) mass is 368 g/mol. The molecule has 134 valence electrons. The van der Waals surface area contributed by atoms with Crippen molar-refractivity contribution in [1.82, 2.24) is 15.5 Å². The highest BCUT2D eigenvalue weighted by Gasteiger charge is 2.25. The number of nitrogens with one attached hydrogen (secondary N) is 3. The van der Waals surface area contributed by atoms with Crippen LogP contribution < -0.4 is 10.6 Å². The zero-order valence-corrected chi connectivity index (χ0v) is 15.3. The van der Waals surface area contributed by atoms with E-state index in [2.05, 4.69) is 20.8 Å². The predicted molar refractivity (Wildman–Crippen MR) is 103 cm³/mol. The van der Waals surface area contributed by atoms with Gasteiger partial charge in [-0.15, -0.1) is 11.3 Å². The molecular formula is C19H20N4O2S. The fourth-order valence-corrected chi connectivity index (χ4v) is 3.18. The van der Waals surface area contributed by atoms with Crippen LogP contribution in [-0.4, -0.2) is 28.1 Å². The molecule has 0 fully saturated rings. The van der Waals surface area contributed by atoms with Crippen LogP contribution >= 0.6 is 11.3 Å². The molecule has 2 heterocycles. The number of aromatic nitrogens is 2. The van der Waals surface area contributed by atoms with Crippen LogP contribution in [0.4, 0.5) is 5.69 Å². The molecule has 2 amide bonds. The van der Waals surface area contributed by atoms with E-state index in [4.69, 9.17) is 0 Å². The van der Waals surface area contributed by atoms with Crippen molar-refractivity contribution >= 4 is 28.8 Å². The summed E-state index contributed by atoms with van der Waals surface area (Å²) in [5.41, 5.74) is 2.45. The molecule has 0 saturated carbocycles. The van der Waals surface area contributed by atoms with E-state index in [-0.39, 0.29) is 17.7 Å². The molecule has 6 nitrogen and oxygen atoms in total. The van der Waals surface area contributed by atoms with Crippen molar-refractivity contribution in [3.8, 4) is 11.3 Å². The maximum Gasteiger partial charge on any atom is 0.262 e. The maximum absolute atomic E-state index is 12.7. The maximum atomic E-state index is 12.7. The number of hydrogen-bond donors (Lipinski definition) is 3. The lowest BCUT2D eigenvalue weighted by molar-refractivity contribution is -0.118. The van der Waals surface area contributed by atoms with Gasteiger partial charge in [0.15, 0.2) is 0 Å². The molecule has 26 heavy (non-hydrogen) atoms. The van der Waals surface area contributed by atoms with E-state index in [0.29, 0.717) is 10.6 Å². The zero-order valence-electron chi connectivity index (χ0n) is 14.5. The van der Waals surface area contributed by atoms with Gasteiger partial charge in [0.1, 0.15) is 6.04 Å². The summed E-state index contributed by atoms with van der Waals surface area (Å²) in [6.07, 6.45) is 1.68. The van der Waals surface area contributed by atoms with Gasteiger partial charge in [-0.1, -0.05) is 32.0 Å². The van der Waals surface area contributed by atoms with Gasteiger partial charge >= 0.3 is 0 Å². The SMILES string of the molecule is CC(C)C(NC(=O)c1cccs1)C(=O)Nc1cccc(-c2ccn[nH]2)c1. The van der Waals surface area contributed by atoms with Gasteiger partial charge in [0, 0.05) is 17.4 Å². The predicted octanol–water partition coefficient (Wildman–Crippen LogP) is 3.53. The molecule has 0 radical (unpaired) electrons. The van der Waals surface area contributed by atoms with E-state index in [1.807, 2.05) is 55.6 Å². The standard InChI is InChI=1S/C19H20N4O2S/c1-12(2)17(22-18(24)16-7-4-10-26-16)19(25)21-14-6-3-5-13(11-14)15-8-9-20-23-15/h3-12,17H,1-2H3,(H,20,23)(H,21,25)(H,22,24). The van der Waals surface area contributed by atoms with E-state index in [9.17, 15) is 9.59 Å². The molecular weight excluding hydrogens is 348 g/mol. The minimum absolute atomic E-state index is 0.0466. The molecule has 0 aliphatic carbocycles. The summed E-state index contributed by atoms with van der Waals surface area (Å²) < 4.78 is 0. The number of nitrogens with zero attached hydrogens (tertiary/aromatic N) is 1. The third-order valence-corrected chi connectivity index (χ3v) is 4.79. The molecule has 3 N–H and O–H groups in total. The topological polar surface area (TPSA) is 86.9 Å². The van der Waals surface area contributed by atoms with Crippen LogP contribution in [0, 0.1) is 5.92 Å². The van der Waals surface area contributed by atoms with E-state index in [0.717, 1.165) is 11.3 Å². The summed E-state index contributed by atoms with van der Waals surface area (Å²) in [4.78, 5) is 25.6. The Hall–Kier alpha value is -2.93. The van der Waals surface area contributed by atoms with Gasteiger partial charge in [-0.3, -0.25) is 14.7 Å². The highest BCUT2D eigenvalue weighted by atomic mass is 32.1. The quantitative estimate of drug-likeness (QED) is 0.622. The second-order valence-electron chi connectivity index (χ2n) is 6.21. The van der Waals surface area contributed by atoms with Gasteiger partial charge in [-0.05, 0) is 35.6 Å². The van der Waals surface area contributed by atoms with Crippen molar-refractivity contribution in [3.63, 3.8) is 0 Å². The molecule has 0 aliphatic heterocycles. The Balaban J connectivity index is 1.72. The Morgan fingerprint density at radius 2 is 2.00 bits per heavy atom. The van der Waals surface area contributed by atoms with E-state index >= 15 is 0 Å². The molecule has 1 atom stereocenters. The molecule has 1 unspecified atom stereocenters. The van der Waals surface area contributed by atoms with Crippen LogP contribution in [0.1, 0.15) is 23.5 Å². The van der Waals surface area contributed by atoms with Crippen LogP contribution in [0.3, 0.4) is 0 Å². The molecule has 2 aromatic heterocycles. The van der Waals surface area contributed by atoms with Crippen molar-refractivity contribution in [1.29, 1.82) is 0 Å². The summed E-state index contributed by atoms with van der Waals surface area (Å²) >= 11 is 1.35. The summed E-state index contributed by atoms with van der Waals surface area (Å²) in [6, 6.07) is 12.3. The largest absolute Gasteiger partial charge is 0.339 e. The van der Waals surface area contributed by atoms with Crippen molar-refractivity contribution in [3.05, 3.63) is 58.9 Å². The number of thiophene rings is 1. The van der Waals surface area contributed by atoms with Crippen LogP contribution in [-0.2, 0) is 4.79 Å². The first-order valence-corrected chi connectivity index (χ1v) is 9.17. The highest BCUT2D eigenvalue weighted by Crippen LogP contribution is 2.21. The minimum atomic E-state index is -0.625. The molecule has 0 spiro atoms. The Morgan fingerprint density at radius 3 is 2.65 bits per heavy atom. The van der Waals surface area contributed by atoms with Gasteiger partial charge in [-0.25, -0.2) is 0 Å². The zero-order chi connectivity index (χ0) is 18.5. The van der Waals surface area contributed by atoms with Crippen molar-refractivity contribution in [2.45, 2.75) is 19.9 Å². The lowest BCUT2D eigenvalue weighted by Gasteiger charge is -2.21. The van der Waals surface area contributed by atoms with Crippen molar-refractivity contribution in [2.24, 2.45) is 5.92 Å². The van der Waals surface area contributed by atoms with Gasteiger partial charge in [0.25, 0.3) is 5.91 Å². The van der Waals surface area contributed by atoms with E-state index < -0.39 is 6.04 Å². The average Bonchev–Trinajstić information content (AvgIpc) is 3.32. The number of carbonyl (C=O) groups excluding carboxylic acids is 2. The van der Waals surface area contributed by atoms with Gasteiger partial charge in [0.2, 0.25) is 5.91 Å². The molecule has 0 bridgehead atoms. The minimum Gasteiger partial charge on any atom is -0.339 e. The van der Waals surface area contributed by atoms with E-state index in [1.165, 1.54) is 11.3 Å². The Kier molecular flexibility index (Phi) is 5.48. The van der Waals surface area contributed by atoms with Crippen LogP contribution in [0.15, 0.2) is 54.0 Å². The fourth-order valence-electron chi connectivity index (χ4n) is 2.56. The highest BCUT2D eigenvalue weighted by molar-refractivity contribution is 7.12. The lowest BCUT2D eigenvalue weighted by atomic mass is 10.0. The summed E-state index contributed by atoms with van der Waals surface area (Å²) in [6.45, 7) is 3.81. The number of carbonyl (C=O) groups is 2. The molecule has 7 heteroatoms. The van der Waals surface area contributed by atoms with Gasteiger partial charge < -0.3 is 10.6 Å². The lowest BCUT2D eigenvalue weighted by Crippen LogP contribution is -2.46. The summed E-state index contributed by atoms with van der Waals surface area (Å²) in [5, 5.41) is 14.4. The molecule has 0 saturated heterocycles. The first-order valence-electron chi connectivity index (χ1n) is 8.29. The summed E-state index contributed by atoms with van der Waals surface area (Å²) in [7, 11) is 0. The number of aromatic amines is 1. The number of hydrogen-bond acceptors (Lipinski definition) is 4. The third kappa shape index (κ3) is 4.18. The second kappa shape index (κ2) is 7.97. The molecule has 1 aromatic carbocycles. The van der Waals surface area contributed by atoms with Crippen LogP contribution in [0.5, 0.6) is 0 Å². The Morgan fingerprint density at radius 1 is 1.15 bits per heavy atom. The third-order valence-electron chi connectivity index (χ3n) is 3.92. The Labute approximate surface area is 155 Å². The number of H-pyrrole nitrogens is 1. The number of amides is 2. The average molecular weight is 368 g/mol. The van der Waals surface area contributed by atoms with Crippen LogP contribution in [0.25, 0.3) is 11.3 Å². The first kappa shape index (κ1) is 17.9. The van der Waals surface area contributed by atoms with E-state index in [1.54, 1.807) is 12.3 Å². The fraction of sp³-hybridized carbons (Fsp3) is 0.211. The summed E-state index contributed by atoms with van der Waals surface area (Å²) in [5.74, 6) is -0.526. The normalized spacial score (nSPS) is 12.0.